The van der Waals surface area contributed by atoms with Crippen LogP contribution >= 0.6 is 0 Å². The van der Waals surface area contributed by atoms with Crippen LogP contribution in [-0.4, -0.2) is 32.8 Å². The number of aromatic nitrogens is 3. The zero-order valence-corrected chi connectivity index (χ0v) is 19.0. The predicted octanol–water partition coefficient (Wildman–Crippen LogP) is 4.84. The molecule has 1 fully saturated rings. The highest BCUT2D eigenvalue weighted by atomic mass is 16.1. The van der Waals surface area contributed by atoms with Crippen molar-refractivity contribution >= 4 is 40.1 Å². The second kappa shape index (κ2) is 8.65. The number of carbonyl (C=O) groups is 1. The first-order valence-electron chi connectivity index (χ1n) is 11.5. The van der Waals surface area contributed by atoms with Crippen LogP contribution in [0.15, 0.2) is 53.6 Å². The lowest BCUT2D eigenvalue weighted by molar-refractivity contribution is 0.0940. The smallest absolute Gasteiger partial charge is 0.257 e. The second-order valence-electron chi connectivity index (χ2n) is 8.98. The van der Waals surface area contributed by atoms with Gasteiger partial charge in [0.25, 0.3) is 5.91 Å². The van der Waals surface area contributed by atoms with E-state index in [1.165, 1.54) is 10.2 Å². The van der Waals surface area contributed by atoms with Gasteiger partial charge in [0.15, 0.2) is 5.65 Å². The summed E-state index contributed by atoms with van der Waals surface area (Å²) in [7, 11) is 0. The zero-order chi connectivity index (χ0) is 22.9. The van der Waals surface area contributed by atoms with Gasteiger partial charge in [0.2, 0.25) is 0 Å². The standard InChI is InChI=1S/C26H28N6O/c1-16(2)18-13-11-17(12-14-18)15-28-32-24(27)22(26(33)29-19-7-3-4-8-19)23-25(32)31-21-10-6-5-9-20(21)30-23/h5-6,9-16,19H,3-4,7-8,27H2,1-2H3,(H,29,33). The monoisotopic (exact) mass is 440 g/mol. The summed E-state index contributed by atoms with van der Waals surface area (Å²) in [5, 5.41) is 7.73. The molecule has 4 aromatic rings. The van der Waals surface area contributed by atoms with Crippen LogP contribution in [0.2, 0.25) is 0 Å². The minimum absolute atomic E-state index is 0.173. The van der Waals surface area contributed by atoms with Gasteiger partial charge in [-0.25, -0.2) is 9.97 Å². The van der Waals surface area contributed by atoms with Crippen LogP contribution in [0.1, 0.15) is 66.9 Å². The number of nitrogens with zero attached hydrogens (tertiary/aromatic N) is 4. The average Bonchev–Trinajstić information content (AvgIpc) is 3.41. The van der Waals surface area contributed by atoms with E-state index in [0.717, 1.165) is 36.8 Å². The Kier molecular flexibility index (Phi) is 5.54. The van der Waals surface area contributed by atoms with Crippen molar-refractivity contribution in [3.05, 3.63) is 65.2 Å². The Hall–Kier alpha value is -3.74. The fourth-order valence-electron chi connectivity index (χ4n) is 4.41. The summed E-state index contributed by atoms with van der Waals surface area (Å²) >= 11 is 0. The molecule has 0 bridgehead atoms. The third-order valence-electron chi connectivity index (χ3n) is 6.32. The fourth-order valence-corrected chi connectivity index (χ4v) is 4.41. The van der Waals surface area contributed by atoms with E-state index in [1.54, 1.807) is 6.21 Å². The van der Waals surface area contributed by atoms with Gasteiger partial charge in [-0.05, 0) is 42.0 Å². The average molecular weight is 441 g/mol. The molecule has 0 aliphatic heterocycles. The lowest BCUT2D eigenvalue weighted by Crippen LogP contribution is -2.33. The van der Waals surface area contributed by atoms with Crippen molar-refractivity contribution in [2.75, 3.05) is 5.73 Å². The summed E-state index contributed by atoms with van der Waals surface area (Å²) in [4.78, 5) is 22.7. The van der Waals surface area contributed by atoms with E-state index >= 15 is 0 Å². The Bertz CT molecular complexity index is 1350. The first kappa shape index (κ1) is 21.1. The number of hydrogen-bond donors (Lipinski definition) is 2. The normalized spacial score (nSPS) is 14.8. The van der Waals surface area contributed by atoms with Crippen molar-refractivity contribution < 1.29 is 4.79 Å². The number of anilines is 1. The molecule has 33 heavy (non-hydrogen) atoms. The molecule has 2 aromatic carbocycles. The molecule has 168 valence electrons. The van der Waals surface area contributed by atoms with E-state index in [9.17, 15) is 4.79 Å². The lowest BCUT2D eigenvalue weighted by Gasteiger charge is -2.11. The van der Waals surface area contributed by atoms with E-state index in [1.807, 2.05) is 36.4 Å². The van der Waals surface area contributed by atoms with Crippen molar-refractivity contribution in [1.29, 1.82) is 0 Å². The number of amides is 1. The first-order chi connectivity index (χ1) is 16.0. The molecule has 5 rings (SSSR count). The minimum atomic E-state index is -0.218. The number of para-hydroxylation sites is 2. The van der Waals surface area contributed by atoms with Crippen molar-refractivity contribution in [3.63, 3.8) is 0 Å². The fraction of sp³-hybridized carbons (Fsp3) is 0.308. The van der Waals surface area contributed by atoms with Crippen LogP contribution in [0, 0.1) is 0 Å². The van der Waals surface area contributed by atoms with Gasteiger partial charge in [0.1, 0.15) is 16.9 Å². The molecule has 0 atom stereocenters. The number of benzene rings is 2. The molecule has 3 N–H and O–H groups in total. The molecule has 2 heterocycles. The molecule has 0 saturated heterocycles. The molecule has 0 unspecified atom stereocenters. The van der Waals surface area contributed by atoms with Gasteiger partial charge >= 0.3 is 0 Å². The molecule has 1 amide bonds. The summed E-state index contributed by atoms with van der Waals surface area (Å²) in [5.41, 5.74) is 11.4. The molecular formula is C26H28N6O. The first-order valence-corrected chi connectivity index (χ1v) is 11.5. The van der Waals surface area contributed by atoms with Gasteiger partial charge < -0.3 is 11.1 Å². The number of nitrogens with two attached hydrogens (primary N) is 1. The summed E-state index contributed by atoms with van der Waals surface area (Å²) in [6.07, 6.45) is 5.97. The third kappa shape index (κ3) is 4.06. The molecule has 1 saturated carbocycles. The molecule has 7 nitrogen and oxygen atoms in total. The highest BCUT2D eigenvalue weighted by molar-refractivity contribution is 6.10. The van der Waals surface area contributed by atoms with Crippen LogP contribution < -0.4 is 11.1 Å². The van der Waals surface area contributed by atoms with E-state index in [2.05, 4.69) is 36.4 Å². The van der Waals surface area contributed by atoms with Crippen molar-refractivity contribution in [1.82, 2.24) is 20.0 Å². The Labute approximate surface area is 192 Å². The number of carbonyl (C=O) groups excluding carboxylic acids is 1. The van der Waals surface area contributed by atoms with Gasteiger partial charge in [0.05, 0.1) is 17.2 Å². The summed E-state index contributed by atoms with van der Waals surface area (Å²) in [5.74, 6) is 0.486. The highest BCUT2D eigenvalue weighted by Crippen LogP contribution is 2.29. The van der Waals surface area contributed by atoms with Crippen LogP contribution in [0.25, 0.3) is 22.2 Å². The largest absolute Gasteiger partial charge is 0.383 e. The lowest BCUT2D eigenvalue weighted by atomic mass is 10.0. The quantitative estimate of drug-likeness (QED) is 0.434. The number of nitrogens with one attached hydrogen (secondary N) is 1. The minimum Gasteiger partial charge on any atom is -0.383 e. The van der Waals surface area contributed by atoms with Crippen LogP contribution in [0.5, 0.6) is 0 Å². The Balaban J connectivity index is 1.60. The van der Waals surface area contributed by atoms with Crippen molar-refractivity contribution in [2.45, 2.75) is 51.5 Å². The van der Waals surface area contributed by atoms with E-state index in [4.69, 9.17) is 15.7 Å². The van der Waals surface area contributed by atoms with Crippen molar-refractivity contribution in [2.24, 2.45) is 5.10 Å². The van der Waals surface area contributed by atoms with E-state index in [-0.39, 0.29) is 17.8 Å². The molecule has 7 heteroatoms. The maximum absolute atomic E-state index is 13.2. The zero-order valence-electron chi connectivity index (χ0n) is 19.0. The Morgan fingerprint density at radius 3 is 2.42 bits per heavy atom. The van der Waals surface area contributed by atoms with E-state index in [0.29, 0.717) is 28.2 Å². The number of nitrogen functional groups attached to an aromatic ring is 1. The van der Waals surface area contributed by atoms with E-state index < -0.39 is 0 Å². The Morgan fingerprint density at radius 2 is 1.76 bits per heavy atom. The molecule has 1 aliphatic carbocycles. The summed E-state index contributed by atoms with van der Waals surface area (Å²) < 4.78 is 1.52. The van der Waals surface area contributed by atoms with Crippen LogP contribution in [0.4, 0.5) is 5.82 Å². The SMILES string of the molecule is CC(C)c1ccc(C=Nn2c(N)c(C(=O)NC3CCCC3)c3nc4ccccc4nc32)cc1. The molecule has 1 aliphatic rings. The molecule has 0 radical (unpaired) electrons. The summed E-state index contributed by atoms with van der Waals surface area (Å²) in [6, 6.07) is 16.0. The number of rotatable bonds is 5. The highest BCUT2D eigenvalue weighted by Gasteiger charge is 2.26. The molecular weight excluding hydrogens is 412 g/mol. The molecule has 2 aromatic heterocycles. The van der Waals surface area contributed by atoms with Crippen LogP contribution in [-0.2, 0) is 0 Å². The van der Waals surface area contributed by atoms with Gasteiger partial charge in [0, 0.05) is 6.04 Å². The Morgan fingerprint density at radius 1 is 1.09 bits per heavy atom. The number of hydrogen-bond acceptors (Lipinski definition) is 5. The number of fused-ring (bicyclic) bond motifs is 2. The van der Waals surface area contributed by atoms with Crippen molar-refractivity contribution in [3.8, 4) is 0 Å². The van der Waals surface area contributed by atoms with Gasteiger partial charge in [-0.1, -0.05) is 63.1 Å². The topological polar surface area (TPSA) is 98.2 Å². The van der Waals surface area contributed by atoms with Gasteiger partial charge in [-0.3, -0.25) is 4.79 Å². The molecule has 0 spiro atoms. The van der Waals surface area contributed by atoms with Gasteiger partial charge in [-0.15, -0.1) is 0 Å². The maximum atomic E-state index is 13.2. The maximum Gasteiger partial charge on any atom is 0.257 e. The van der Waals surface area contributed by atoms with Crippen LogP contribution in [0.3, 0.4) is 0 Å². The van der Waals surface area contributed by atoms with Gasteiger partial charge in [-0.2, -0.15) is 9.78 Å². The second-order valence-corrected chi connectivity index (χ2v) is 8.98. The predicted molar refractivity (Wildman–Crippen MR) is 133 cm³/mol. The summed E-state index contributed by atoms with van der Waals surface area (Å²) in [6.45, 7) is 4.33. The third-order valence-corrected chi connectivity index (χ3v) is 6.32.